The molecular formula is C16H15F3N2OS. The van der Waals surface area contributed by atoms with E-state index in [4.69, 9.17) is 0 Å². The summed E-state index contributed by atoms with van der Waals surface area (Å²) in [6, 6.07) is 5.54. The Kier molecular flexibility index (Phi) is 5.41. The summed E-state index contributed by atoms with van der Waals surface area (Å²) in [5.41, 5.74) is 0.360. The van der Waals surface area contributed by atoms with Crippen LogP contribution < -0.4 is 0 Å². The van der Waals surface area contributed by atoms with E-state index in [-0.39, 0.29) is 24.2 Å². The summed E-state index contributed by atoms with van der Waals surface area (Å²) in [6.45, 7) is 1.39. The second kappa shape index (κ2) is 7.12. The molecule has 0 N–H and O–H groups in total. The van der Waals surface area contributed by atoms with Crippen molar-refractivity contribution in [1.82, 2.24) is 9.97 Å². The summed E-state index contributed by atoms with van der Waals surface area (Å²) in [6.07, 6.45) is -0.993. The molecule has 0 radical (unpaired) electrons. The van der Waals surface area contributed by atoms with E-state index >= 15 is 0 Å². The number of aromatic nitrogens is 2. The first-order valence-electron chi connectivity index (χ1n) is 6.84. The summed E-state index contributed by atoms with van der Waals surface area (Å²) < 4.78 is 38.7. The highest BCUT2D eigenvalue weighted by Gasteiger charge is 2.32. The highest BCUT2D eigenvalue weighted by Crippen LogP contribution is 2.33. The Hall–Kier alpha value is -1.89. The van der Waals surface area contributed by atoms with Crippen molar-refractivity contribution in [3.05, 3.63) is 52.8 Å². The van der Waals surface area contributed by atoms with Crippen molar-refractivity contribution in [2.45, 2.75) is 31.1 Å². The zero-order valence-electron chi connectivity index (χ0n) is 12.6. The van der Waals surface area contributed by atoms with Gasteiger partial charge >= 0.3 is 6.18 Å². The lowest BCUT2D eigenvalue weighted by Gasteiger charge is -2.13. The zero-order chi connectivity index (χ0) is 17.0. The smallest absolute Gasteiger partial charge is 0.299 e. The van der Waals surface area contributed by atoms with Gasteiger partial charge in [0.1, 0.15) is 5.78 Å². The first kappa shape index (κ1) is 17.5. The molecule has 7 heteroatoms. The maximum absolute atomic E-state index is 12.9. The zero-order valence-corrected chi connectivity index (χ0v) is 13.5. The standard InChI is InChI=1S/C16H15F3N2OS/c1-10-11(4-3-5-14(10)16(17,18)19)8-13(22)9-12-6-7-20-15(21-12)23-2/h3-7H,8-9H2,1-2H3. The molecule has 0 amide bonds. The molecular weight excluding hydrogens is 325 g/mol. The van der Waals surface area contributed by atoms with Crippen LogP contribution in [0.5, 0.6) is 0 Å². The van der Waals surface area contributed by atoms with Gasteiger partial charge in [0.25, 0.3) is 0 Å². The molecule has 0 spiro atoms. The molecule has 1 heterocycles. The van der Waals surface area contributed by atoms with Crippen molar-refractivity contribution in [3.8, 4) is 0 Å². The quantitative estimate of drug-likeness (QED) is 0.612. The third-order valence-corrected chi connectivity index (χ3v) is 3.95. The summed E-state index contributed by atoms with van der Waals surface area (Å²) in [5, 5.41) is 0.561. The Bertz CT molecular complexity index is 717. The number of Topliss-reactive ketones (excluding diaryl/α,β-unsaturated/α-hetero) is 1. The molecule has 23 heavy (non-hydrogen) atoms. The van der Waals surface area contributed by atoms with E-state index in [1.165, 1.54) is 24.8 Å². The maximum Gasteiger partial charge on any atom is 0.416 e. The van der Waals surface area contributed by atoms with Crippen molar-refractivity contribution in [2.75, 3.05) is 6.26 Å². The van der Waals surface area contributed by atoms with Gasteiger partial charge in [0.15, 0.2) is 5.16 Å². The van der Waals surface area contributed by atoms with E-state index in [0.29, 0.717) is 16.4 Å². The summed E-state index contributed by atoms with van der Waals surface area (Å²) in [7, 11) is 0. The van der Waals surface area contributed by atoms with Crippen LogP contribution in [-0.2, 0) is 23.8 Å². The number of rotatable bonds is 5. The minimum absolute atomic E-state index is 0.0473. The predicted octanol–water partition coefficient (Wildman–Crippen LogP) is 3.88. The topological polar surface area (TPSA) is 42.9 Å². The SMILES string of the molecule is CSc1nccc(CC(=O)Cc2cccc(C(F)(F)F)c2C)n1. The molecule has 2 aromatic rings. The number of nitrogens with zero attached hydrogens (tertiary/aromatic N) is 2. The van der Waals surface area contributed by atoms with Crippen LogP contribution in [0.4, 0.5) is 13.2 Å². The van der Waals surface area contributed by atoms with Crippen molar-refractivity contribution in [2.24, 2.45) is 0 Å². The van der Waals surface area contributed by atoms with Crippen molar-refractivity contribution < 1.29 is 18.0 Å². The minimum atomic E-state index is -4.41. The van der Waals surface area contributed by atoms with Crippen LogP contribution in [0.15, 0.2) is 35.6 Å². The van der Waals surface area contributed by atoms with E-state index in [1.807, 2.05) is 6.26 Å². The van der Waals surface area contributed by atoms with E-state index in [0.717, 1.165) is 6.07 Å². The summed E-state index contributed by atoms with van der Waals surface area (Å²) >= 11 is 1.36. The molecule has 0 fully saturated rings. The second-order valence-corrected chi connectivity index (χ2v) is 5.79. The van der Waals surface area contributed by atoms with Crippen LogP contribution in [0.1, 0.15) is 22.4 Å². The van der Waals surface area contributed by atoms with E-state index in [1.54, 1.807) is 18.3 Å². The number of carbonyl (C=O) groups excluding carboxylic acids is 1. The third-order valence-electron chi connectivity index (χ3n) is 3.39. The molecule has 122 valence electrons. The van der Waals surface area contributed by atoms with Gasteiger partial charge in [-0.3, -0.25) is 4.79 Å². The van der Waals surface area contributed by atoms with Crippen molar-refractivity contribution >= 4 is 17.5 Å². The molecule has 0 aliphatic rings. The molecule has 2 rings (SSSR count). The van der Waals surface area contributed by atoms with E-state index in [9.17, 15) is 18.0 Å². The van der Waals surface area contributed by atoms with Crippen LogP contribution in [0.25, 0.3) is 0 Å². The number of thioether (sulfide) groups is 1. The van der Waals surface area contributed by atoms with Gasteiger partial charge in [0.2, 0.25) is 0 Å². The van der Waals surface area contributed by atoms with E-state index in [2.05, 4.69) is 9.97 Å². The average molecular weight is 340 g/mol. The molecule has 0 atom stereocenters. The molecule has 0 bridgehead atoms. The monoisotopic (exact) mass is 340 g/mol. The molecule has 1 aromatic carbocycles. The number of benzene rings is 1. The van der Waals surface area contributed by atoms with Gasteiger partial charge in [-0.15, -0.1) is 0 Å². The lowest BCUT2D eigenvalue weighted by atomic mass is 9.97. The van der Waals surface area contributed by atoms with Crippen LogP contribution in [0.2, 0.25) is 0 Å². The molecule has 1 aromatic heterocycles. The predicted molar refractivity (Wildman–Crippen MR) is 82.4 cm³/mol. The molecule has 3 nitrogen and oxygen atoms in total. The number of halogens is 3. The Morgan fingerprint density at radius 3 is 2.61 bits per heavy atom. The molecule has 0 aliphatic carbocycles. The Morgan fingerprint density at radius 2 is 1.96 bits per heavy atom. The fourth-order valence-electron chi connectivity index (χ4n) is 2.23. The second-order valence-electron chi connectivity index (χ2n) is 5.01. The van der Waals surface area contributed by atoms with Crippen LogP contribution in [0, 0.1) is 6.92 Å². The number of carbonyl (C=O) groups is 1. The maximum atomic E-state index is 12.9. The van der Waals surface area contributed by atoms with Gasteiger partial charge < -0.3 is 0 Å². The van der Waals surface area contributed by atoms with E-state index < -0.39 is 11.7 Å². The van der Waals surface area contributed by atoms with Crippen LogP contribution in [0.3, 0.4) is 0 Å². The highest BCUT2D eigenvalue weighted by molar-refractivity contribution is 7.98. The lowest BCUT2D eigenvalue weighted by molar-refractivity contribution is -0.138. The Morgan fingerprint density at radius 1 is 1.22 bits per heavy atom. The highest BCUT2D eigenvalue weighted by atomic mass is 32.2. The Labute approximate surface area is 136 Å². The third kappa shape index (κ3) is 4.54. The largest absolute Gasteiger partial charge is 0.416 e. The Balaban J connectivity index is 2.14. The van der Waals surface area contributed by atoms with Crippen molar-refractivity contribution in [1.29, 1.82) is 0 Å². The molecule has 0 unspecified atom stereocenters. The molecule has 0 saturated heterocycles. The summed E-state index contributed by atoms with van der Waals surface area (Å²) in [5.74, 6) is -0.182. The first-order chi connectivity index (χ1) is 10.8. The molecule has 0 saturated carbocycles. The van der Waals surface area contributed by atoms with Gasteiger partial charge in [0, 0.05) is 19.0 Å². The number of hydrogen-bond acceptors (Lipinski definition) is 4. The van der Waals surface area contributed by atoms with Crippen LogP contribution in [-0.4, -0.2) is 22.0 Å². The molecule has 0 aliphatic heterocycles. The van der Waals surface area contributed by atoms with Crippen molar-refractivity contribution in [3.63, 3.8) is 0 Å². The number of alkyl halides is 3. The van der Waals surface area contributed by atoms with Gasteiger partial charge in [-0.1, -0.05) is 23.9 Å². The number of hydrogen-bond donors (Lipinski definition) is 0. The van der Waals surface area contributed by atoms with Gasteiger partial charge in [-0.2, -0.15) is 13.2 Å². The average Bonchev–Trinajstić information content (AvgIpc) is 2.48. The van der Waals surface area contributed by atoms with Crippen LogP contribution >= 0.6 is 11.8 Å². The lowest BCUT2D eigenvalue weighted by Crippen LogP contribution is -2.13. The van der Waals surface area contributed by atoms with Gasteiger partial charge in [0.05, 0.1) is 11.3 Å². The first-order valence-corrected chi connectivity index (χ1v) is 8.07. The van der Waals surface area contributed by atoms with Gasteiger partial charge in [-0.05, 0) is 36.4 Å². The number of ketones is 1. The fraction of sp³-hybridized carbons (Fsp3) is 0.312. The van der Waals surface area contributed by atoms with Gasteiger partial charge in [-0.25, -0.2) is 9.97 Å². The fourth-order valence-corrected chi connectivity index (χ4v) is 2.61. The normalized spacial score (nSPS) is 11.5. The summed E-state index contributed by atoms with van der Waals surface area (Å²) in [4.78, 5) is 20.4. The minimum Gasteiger partial charge on any atom is -0.299 e.